The zero-order valence-corrected chi connectivity index (χ0v) is 12.9. The lowest BCUT2D eigenvalue weighted by Crippen LogP contribution is -2.39. The molecule has 4 nitrogen and oxygen atoms in total. The summed E-state index contributed by atoms with van der Waals surface area (Å²) in [4.78, 5) is 18.0. The Morgan fingerprint density at radius 3 is 2.74 bits per heavy atom. The normalized spacial score (nSPS) is 22.7. The molecule has 1 amide bonds. The number of rotatable bonds is 2. The number of carbonyl (C=O) groups excluding carboxylic acids is 1. The quantitative estimate of drug-likeness (QED) is 0.851. The highest BCUT2D eigenvalue weighted by molar-refractivity contribution is 6.42. The summed E-state index contributed by atoms with van der Waals surface area (Å²) in [6.07, 6.45) is 0.741. The summed E-state index contributed by atoms with van der Waals surface area (Å²) >= 11 is 17.9. The molecule has 0 radical (unpaired) electrons. The lowest BCUT2D eigenvalue weighted by atomic mass is 9.89. The molecule has 1 fully saturated rings. The van der Waals surface area contributed by atoms with Crippen LogP contribution in [0.25, 0.3) is 0 Å². The standard InChI is InChI=1S/C12H14Cl3N3O/c1-12(11(19)16-2)3-4-18(6-12)10-8(14)5-7(13)9(15)17-10/h5H,3-4,6H2,1-2H3,(H,16,19). The summed E-state index contributed by atoms with van der Waals surface area (Å²) < 4.78 is 0. The summed E-state index contributed by atoms with van der Waals surface area (Å²) in [5.41, 5.74) is -0.439. The first kappa shape index (κ1) is 14.7. The van der Waals surface area contributed by atoms with E-state index in [2.05, 4.69) is 10.3 Å². The molecule has 0 spiro atoms. The van der Waals surface area contributed by atoms with Gasteiger partial charge in [0, 0.05) is 20.1 Å². The van der Waals surface area contributed by atoms with Crippen LogP contribution >= 0.6 is 34.8 Å². The fourth-order valence-corrected chi connectivity index (χ4v) is 2.90. The molecule has 104 valence electrons. The number of pyridine rings is 1. The second-order valence-corrected chi connectivity index (χ2v) is 6.05. The second-order valence-electron chi connectivity index (χ2n) is 4.88. The van der Waals surface area contributed by atoms with Gasteiger partial charge in [-0.3, -0.25) is 4.79 Å². The maximum atomic E-state index is 11.9. The Kier molecular flexibility index (Phi) is 4.14. The monoisotopic (exact) mass is 321 g/mol. The molecule has 0 aromatic carbocycles. The van der Waals surface area contributed by atoms with Crippen LogP contribution < -0.4 is 10.2 Å². The molecule has 7 heteroatoms. The Morgan fingerprint density at radius 1 is 1.42 bits per heavy atom. The van der Waals surface area contributed by atoms with E-state index in [-0.39, 0.29) is 11.1 Å². The van der Waals surface area contributed by atoms with Gasteiger partial charge >= 0.3 is 0 Å². The van der Waals surface area contributed by atoms with Crippen LogP contribution in [0.4, 0.5) is 5.82 Å². The van der Waals surface area contributed by atoms with Gasteiger partial charge in [0.1, 0.15) is 11.0 Å². The minimum atomic E-state index is -0.439. The number of halogens is 3. The van der Waals surface area contributed by atoms with E-state index < -0.39 is 5.41 Å². The lowest BCUT2D eigenvalue weighted by Gasteiger charge is -2.24. The third-order valence-electron chi connectivity index (χ3n) is 3.42. The van der Waals surface area contributed by atoms with Crippen LogP contribution in [0.1, 0.15) is 13.3 Å². The van der Waals surface area contributed by atoms with Gasteiger partial charge in [0.05, 0.1) is 15.5 Å². The highest BCUT2D eigenvalue weighted by Crippen LogP contribution is 2.37. The molecule has 1 aromatic rings. The van der Waals surface area contributed by atoms with Gasteiger partial charge < -0.3 is 10.2 Å². The molecule has 0 saturated carbocycles. The van der Waals surface area contributed by atoms with Gasteiger partial charge in [0.2, 0.25) is 5.91 Å². The zero-order chi connectivity index (χ0) is 14.2. The third kappa shape index (κ3) is 2.76. The van der Waals surface area contributed by atoms with E-state index in [1.54, 1.807) is 13.1 Å². The van der Waals surface area contributed by atoms with Crippen molar-refractivity contribution >= 4 is 46.5 Å². The number of nitrogens with zero attached hydrogens (tertiary/aromatic N) is 2. The third-order valence-corrected chi connectivity index (χ3v) is 4.37. The van der Waals surface area contributed by atoms with Crippen molar-refractivity contribution in [2.24, 2.45) is 5.41 Å². The predicted molar refractivity (Wildman–Crippen MR) is 78.3 cm³/mol. The van der Waals surface area contributed by atoms with E-state index in [4.69, 9.17) is 34.8 Å². The Morgan fingerprint density at radius 2 is 2.11 bits per heavy atom. The van der Waals surface area contributed by atoms with Crippen LogP contribution in [0.2, 0.25) is 15.2 Å². The average Bonchev–Trinajstić information content (AvgIpc) is 2.76. The average molecular weight is 323 g/mol. The van der Waals surface area contributed by atoms with Crippen molar-refractivity contribution in [1.29, 1.82) is 0 Å². The fraction of sp³-hybridized carbons (Fsp3) is 0.500. The highest BCUT2D eigenvalue weighted by Gasteiger charge is 2.40. The molecule has 1 saturated heterocycles. The second kappa shape index (κ2) is 5.35. The highest BCUT2D eigenvalue weighted by atomic mass is 35.5. The van der Waals surface area contributed by atoms with Crippen molar-refractivity contribution in [3.63, 3.8) is 0 Å². The van der Waals surface area contributed by atoms with Crippen LogP contribution in [-0.4, -0.2) is 31.0 Å². The van der Waals surface area contributed by atoms with Gasteiger partial charge in [-0.25, -0.2) is 4.98 Å². The molecule has 1 aliphatic rings. The molecule has 1 atom stereocenters. The van der Waals surface area contributed by atoms with Crippen LogP contribution in [-0.2, 0) is 4.79 Å². The molecule has 19 heavy (non-hydrogen) atoms. The number of amides is 1. The Labute approximate surface area is 127 Å². The minimum Gasteiger partial charge on any atom is -0.359 e. The summed E-state index contributed by atoms with van der Waals surface area (Å²) in [6.45, 7) is 3.18. The van der Waals surface area contributed by atoms with Crippen LogP contribution in [0.5, 0.6) is 0 Å². The molecule has 1 N–H and O–H groups in total. The molecule has 1 aliphatic heterocycles. The van der Waals surface area contributed by atoms with E-state index in [0.29, 0.717) is 29.0 Å². The van der Waals surface area contributed by atoms with Gasteiger partial charge in [0.15, 0.2) is 0 Å². The molecular formula is C12H14Cl3N3O. The predicted octanol–water partition coefficient (Wildman–Crippen LogP) is 3.00. The summed E-state index contributed by atoms with van der Waals surface area (Å²) in [5.74, 6) is 0.592. The minimum absolute atomic E-state index is 0.0196. The maximum Gasteiger partial charge on any atom is 0.227 e. The van der Waals surface area contributed by atoms with Crippen molar-refractivity contribution in [2.75, 3.05) is 25.0 Å². The van der Waals surface area contributed by atoms with E-state index in [1.165, 1.54) is 0 Å². The van der Waals surface area contributed by atoms with Crippen molar-refractivity contribution in [3.8, 4) is 0 Å². The first-order valence-corrected chi connectivity index (χ1v) is 6.99. The van der Waals surface area contributed by atoms with Crippen molar-refractivity contribution in [2.45, 2.75) is 13.3 Å². The number of hydrogen-bond donors (Lipinski definition) is 1. The SMILES string of the molecule is CNC(=O)C1(C)CCN(c2nc(Cl)c(Cl)cc2Cl)C1. The van der Waals surface area contributed by atoms with E-state index >= 15 is 0 Å². The Bertz CT molecular complexity index is 523. The van der Waals surface area contributed by atoms with Gasteiger partial charge in [-0.15, -0.1) is 0 Å². The van der Waals surface area contributed by atoms with Crippen molar-refractivity contribution < 1.29 is 4.79 Å². The molecular weight excluding hydrogens is 309 g/mol. The maximum absolute atomic E-state index is 11.9. The van der Waals surface area contributed by atoms with Crippen LogP contribution in [0.3, 0.4) is 0 Å². The Hall–Kier alpha value is -0.710. The molecule has 1 unspecified atom stereocenters. The van der Waals surface area contributed by atoms with Crippen molar-refractivity contribution in [3.05, 3.63) is 21.3 Å². The number of nitrogens with one attached hydrogen (secondary N) is 1. The molecule has 2 heterocycles. The summed E-state index contributed by atoms with van der Waals surface area (Å²) in [6, 6.07) is 1.57. The zero-order valence-electron chi connectivity index (χ0n) is 10.6. The first-order valence-electron chi connectivity index (χ1n) is 5.86. The molecule has 1 aromatic heterocycles. The molecule has 0 aliphatic carbocycles. The number of anilines is 1. The van der Waals surface area contributed by atoms with Crippen molar-refractivity contribution in [1.82, 2.24) is 10.3 Å². The number of aromatic nitrogens is 1. The van der Waals surface area contributed by atoms with Crippen LogP contribution in [0.15, 0.2) is 6.07 Å². The summed E-state index contributed by atoms with van der Waals surface area (Å²) in [7, 11) is 1.64. The van der Waals surface area contributed by atoms with Gasteiger partial charge in [-0.05, 0) is 19.4 Å². The van der Waals surface area contributed by atoms with Gasteiger partial charge in [-0.2, -0.15) is 0 Å². The molecule has 0 bridgehead atoms. The van der Waals surface area contributed by atoms with E-state index in [1.807, 2.05) is 11.8 Å². The summed E-state index contributed by atoms with van der Waals surface area (Å²) in [5, 5.41) is 3.67. The lowest BCUT2D eigenvalue weighted by molar-refractivity contribution is -0.128. The van der Waals surface area contributed by atoms with E-state index in [9.17, 15) is 4.79 Å². The van der Waals surface area contributed by atoms with Gasteiger partial charge in [-0.1, -0.05) is 34.8 Å². The van der Waals surface area contributed by atoms with E-state index in [0.717, 1.165) is 6.42 Å². The molecule has 2 rings (SSSR count). The van der Waals surface area contributed by atoms with Crippen LogP contribution in [0, 0.1) is 5.41 Å². The Balaban J connectivity index is 2.26. The first-order chi connectivity index (χ1) is 8.87. The van der Waals surface area contributed by atoms with Gasteiger partial charge in [0.25, 0.3) is 0 Å². The number of carbonyl (C=O) groups is 1. The largest absolute Gasteiger partial charge is 0.359 e. The number of hydrogen-bond acceptors (Lipinski definition) is 3. The smallest absolute Gasteiger partial charge is 0.227 e. The topological polar surface area (TPSA) is 45.2 Å². The fourth-order valence-electron chi connectivity index (χ4n) is 2.29.